The number of nitrogens with zero attached hydrogens (tertiary/aromatic N) is 2. The maximum atomic E-state index is 13.0. The zero-order valence-corrected chi connectivity index (χ0v) is 18.1. The highest BCUT2D eigenvalue weighted by molar-refractivity contribution is 6.07. The summed E-state index contributed by atoms with van der Waals surface area (Å²) in [6.45, 7) is 2.37. The lowest BCUT2D eigenvalue weighted by Crippen LogP contribution is -2.43. The number of fused-ring (bicyclic) bond motifs is 3. The highest BCUT2D eigenvalue weighted by Gasteiger charge is 2.44. The van der Waals surface area contributed by atoms with Gasteiger partial charge in [0.15, 0.2) is 5.92 Å². The molecule has 1 amide bonds. The Morgan fingerprint density at radius 3 is 2.48 bits per heavy atom. The number of hydrogen-bond acceptors (Lipinski definition) is 5. The average Bonchev–Trinajstić information content (AvgIpc) is 3.21. The number of esters is 1. The van der Waals surface area contributed by atoms with Gasteiger partial charge in [-0.1, -0.05) is 54.6 Å². The Labute approximate surface area is 191 Å². The van der Waals surface area contributed by atoms with Crippen molar-refractivity contribution in [3.63, 3.8) is 0 Å². The molecule has 7 heteroatoms. The number of carbonyl (C=O) groups excluding carboxylic acids is 2. The van der Waals surface area contributed by atoms with E-state index in [-0.39, 0.29) is 6.61 Å². The zero-order valence-electron chi connectivity index (χ0n) is 18.1. The first-order valence-electron chi connectivity index (χ1n) is 10.9. The quantitative estimate of drug-likeness (QED) is 0.356. The molecule has 0 saturated heterocycles. The normalized spacial score (nSPS) is 17.3. The van der Waals surface area contributed by atoms with Gasteiger partial charge in [0.25, 0.3) is 0 Å². The smallest absolute Gasteiger partial charge is 0.321 e. The van der Waals surface area contributed by atoms with Gasteiger partial charge in [-0.2, -0.15) is 0 Å². The lowest BCUT2D eigenvalue weighted by atomic mass is 9.90. The minimum atomic E-state index is -1.04. The predicted octanol–water partition coefficient (Wildman–Crippen LogP) is 4.34. The summed E-state index contributed by atoms with van der Waals surface area (Å²) < 4.78 is 13.1. The van der Waals surface area contributed by atoms with Crippen molar-refractivity contribution < 1.29 is 19.1 Å². The van der Waals surface area contributed by atoms with Crippen LogP contribution in [-0.4, -0.2) is 28.0 Å². The van der Waals surface area contributed by atoms with Crippen LogP contribution in [0.3, 0.4) is 0 Å². The summed E-state index contributed by atoms with van der Waals surface area (Å²) in [6, 6.07) is 24.4. The van der Waals surface area contributed by atoms with Crippen LogP contribution in [0.15, 0.2) is 78.9 Å². The molecule has 0 spiro atoms. The fourth-order valence-corrected chi connectivity index (χ4v) is 4.21. The Kier molecular flexibility index (Phi) is 5.52. The van der Waals surface area contributed by atoms with Crippen molar-refractivity contribution in [3.8, 4) is 5.75 Å². The Morgan fingerprint density at radius 1 is 1.00 bits per heavy atom. The first-order valence-corrected chi connectivity index (χ1v) is 10.9. The van der Waals surface area contributed by atoms with E-state index in [4.69, 9.17) is 9.47 Å². The number of nitrogens with one attached hydrogen (secondary N) is 1. The molecule has 33 heavy (non-hydrogen) atoms. The molecule has 2 atom stereocenters. The molecular weight excluding hydrogens is 418 g/mol. The van der Waals surface area contributed by atoms with Gasteiger partial charge in [0.1, 0.15) is 12.4 Å². The van der Waals surface area contributed by atoms with Gasteiger partial charge in [-0.25, -0.2) is 4.98 Å². The number of amides is 1. The lowest BCUT2D eigenvalue weighted by Gasteiger charge is -2.32. The number of aromatic nitrogens is 2. The van der Waals surface area contributed by atoms with E-state index in [1.54, 1.807) is 6.92 Å². The Morgan fingerprint density at radius 2 is 1.73 bits per heavy atom. The van der Waals surface area contributed by atoms with Crippen LogP contribution in [0.4, 0.5) is 5.95 Å². The number of rotatable bonds is 6. The number of carbonyl (C=O) groups is 2. The van der Waals surface area contributed by atoms with Crippen LogP contribution in [0.5, 0.6) is 5.75 Å². The van der Waals surface area contributed by atoms with Crippen molar-refractivity contribution in [2.75, 3.05) is 11.9 Å². The molecule has 5 rings (SSSR count). The minimum Gasteiger partial charge on any atom is -0.489 e. The highest BCUT2D eigenvalue weighted by Crippen LogP contribution is 2.39. The van der Waals surface area contributed by atoms with Crippen molar-refractivity contribution in [1.29, 1.82) is 0 Å². The molecule has 0 aliphatic carbocycles. The summed E-state index contributed by atoms with van der Waals surface area (Å²) in [5, 5.41) is 2.78. The molecule has 0 fully saturated rings. The van der Waals surface area contributed by atoms with Crippen LogP contribution in [0.1, 0.15) is 24.1 Å². The summed E-state index contributed by atoms with van der Waals surface area (Å²) in [4.78, 5) is 30.4. The second kappa shape index (κ2) is 8.78. The predicted molar refractivity (Wildman–Crippen MR) is 124 cm³/mol. The number of benzene rings is 3. The van der Waals surface area contributed by atoms with Crippen LogP contribution in [0.25, 0.3) is 11.0 Å². The van der Waals surface area contributed by atoms with Gasteiger partial charge in [0, 0.05) is 0 Å². The fraction of sp³-hybridized carbons (Fsp3) is 0.192. The third kappa shape index (κ3) is 3.93. The van der Waals surface area contributed by atoms with E-state index in [0.717, 1.165) is 22.2 Å². The molecule has 1 aliphatic heterocycles. The van der Waals surface area contributed by atoms with Gasteiger partial charge in [0.05, 0.1) is 23.7 Å². The fourth-order valence-electron chi connectivity index (χ4n) is 4.21. The van der Waals surface area contributed by atoms with E-state index in [9.17, 15) is 9.59 Å². The number of ether oxygens (including phenoxy) is 2. The van der Waals surface area contributed by atoms with Gasteiger partial charge >= 0.3 is 5.97 Å². The minimum absolute atomic E-state index is 0.194. The number of para-hydroxylation sites is 2. The van der Waals surface area contributed by atoms with Crippen LogP contribution in [0.2, 0.25) is 0 Å². The van der Waals surface area contributed by atoms with Gasteiger partial charge in [-0.15, -0.1) is 0 Å². The third-order valence-electron chi connectivity index (χ3n) is 5.72. The maximum absolute atomic E-state index is 13.0. The molecule has 1 N–H and O–H groups in total. The number of imidazole rings is 1. The monoisotopic (exact) mass is 441 g/mol. The molecule has 0 radical (unpaired) electrons. The van der Waals surface area contributed by atoms with Crippen LogP contribution < -0.4 is 10.1 Å². The lowest BCUT2D eigenvalue weighted by molar-refractivity contribution is -0.152. The standard InChI is InChI=1S/C26H23N3O4/c1-2-32-25(31)22-23(29-21-11-7-6-10-20(21)27-26(29)28-24(22)30)18-12-14-19(15-13-18)33-16-17-8-4-3-5-9-17/h3-15,22-23H,2,16H2,1H3,(H,27,28,30). The van der Waals surface area contributed by atoms with Crippen molar-refractivity contribution in [2.45, 2.75) is 19.6 Å². The van der Waals surface area contributed by atoms with Crippen molar-refractivity contribution in [1.82, 2.24) is 9.55 Å². The first kappa shape index (κ1) is 20.8. The van der Waals surface area contributed by atoms with Gasteiger partial charge in [0.2, 0.25) is 11.9 Å². The van der Waals surface area contributed by atoms with Gasteiger partial charge in [-0.3, -0.25) is 14.9 Å². The van der Waals surface area contributed by atoms with Gasteiger partial charge < -0.3 is 14.0 Å². The van der Waals surface area contributed by atoms with Crippen LogP contribution in [0, 0.1) is 5.92 Å². The van der Waals surface area contributed by atoms with Gasteiger partial charge in [-0.05, 0) is 42.3 Å². The molecule has 7 nitrogen and oxygen atoms in total. The maximum Gasteiger partial charge on any atom is 0.321 e. The van der Waals surface area contributed by atoms with Crippen LogP contribution in [-0.2, 0) is 20.9 Å². The van der Waals surface area contributed by atoms with Crippen molar-refractivity contribution in [3.05, 3.63) is 90.0 Å². The van der Waals surface area contributed by atoms with Crippen molar-refractivity contribution >= 4 is 28.9 Å². The Balaban J connectivity index is 1.52. The number of hydrogen-bond donors (Lipinski definition) is 1. The second-order valence-corrected chi connectivity index (χ2v) is 7.80. The molecule has 0 saturated carbocycles. The zero-order chi connectivity index (χ0) is 22.8. The molecule has 2 unspecified atom stereocenters. The first-order chi connectivity index (χ1) is 16.2. The summed E-state index contributed by atoms with van der Waals surface area (Å²) in [5.41, 5.74) is 3.43. The largest absolute Gasteiger partial charge is 0.489 e. The summed E-state index contributed by atoms with van der Waals surface area (Å²) >= 11 is 0. The summed E-state index contributed by atoms with van der Waals surface area (Å²) in [5.74, 6) is -0.910. The van der Waals surface area contributed by atoms with Crippen LogP contribution >= 0.6 is 0 Å². The molecule has 1 aromatic heterocycles. The Hall–Kier alpha value is -4.13. The Bertz CT molecular complexity index is 1300. The van der Waals surface area contributed by atoms with E-state index in [2.05, 4.69) is 10.3 Å². The van der Waals surface area contributed by atoms with E-state index < -0.39 is 23.8 Å². The molecule has 166 valence electrons. The molecule has 1 aliphatic rings. The average molecular weight is 441 g/mol. The number of anilines is 1. The molecule has 3 aromatic carbocycles. The molecule has 2 heterocycles. The summed E-state index contributed by atoms with van der Waals surface area (Å²) in [6.07, 6.45) is 0. The second-order valence-electron chi connectivity index (χ2n) is 7.80. The molecule has 4 aromatic rings. The van der Waals surface area contributed by atoms with E-state index in [1.165, 1.54) is 0 Å². The van der Waals surface area contributed by atoms with E-state index in [1.807, 2.05) is 83.4 Å². The van der Waals surface area contributed by atoms with E-state index in [0.29, 0.717) is 18.3 Å². The SMILES string of the molecule is CCOC(=O)C1C(=O)Nc2nc3ccccc3n2C1c1ccc(OCc2ccccc2)cc1. The third-order valence-corrected chi connectivity index (χ3v) is 5.72. The summed E-state index contributed by atoms with van der Waals surface area (Å²) in [7, 11) is 0. The molecular formula is C26H23N3O4. The topological polar surface area (TPSA) is 82.5 Å². The van der Waals surface area contributed by atoms with E-state index >= 15 is 0 Å². The molecule has 0 bridgehead atoms. The highest BCUT2D eigenvalue weighted by atomic mass is 16.5. The van der Waals surface area contributed by atoms with Crippen molar-refractivity contribution in [2.24, 2.45) is 5.92 Å².